The quantitative estimate of drug-likeness (QED) is 0.422. The molecule has 1 heterocycles. The van der Waals surface area contributed by atoms with Crippen LogP contribution in [0.15, 0.2) is 29.3 Å². The van der Waals surface area contributed by atoms with Gasteiger partial charge in [-0.25, -0.2) is 9.79 Å². The molecule has 8 nitrogen and oxygen atoms in total. The molecule has 2 amide bonds. The topological polar surface area (TPSA) is 95.1 Å². The van der Waals surface area contributed by atoms with E-state index in [0.717, 1.165) is 30.6 Å². The molecule has 2 rings (SSSR count). The minimum atomic E-state index is -0.538. The lowest BCUT2D eigenvalue weighted by atomic mass is 10.1. The molecule has 0 aromatic heterocycles. The van der Waals surface area contributed by atoms with E-state index in [9.17, 15) is 9.59 Å². The number of carbonyl (C=O) groups excluding carboxylic acids is 2. The zero-order valence-corrected chi connectivity index (χ0v) is 20.4. The Labute approximate surface area is 192 Å². The number of nitrogens with one attached hydrogen (secondary N) is 3. The highest BCUT2D eigenvalue weighted by molar-refractivity contribution is 5.80. The van der Waals surface area contributed by atoms with Crippen LogP contribution in [0.1, 0.15) is 65.5 Å². The number of rotatable bonds is 8. The van der Waals surface area contributed by atoms with Crippen molar-refractivity contribution in [2.45, 2.75) is 78.6 Å². The number of likely N-dealkylation sites (tertiary alicyclic amines) is 1. The number of carbonyl (C=O) groups is 2. The standard InChI is InChI=1S/C24H39N5O3/c1-7-25-21(27-17-24(5,6)28-22(31)32-23(2,3)4)26-15-18-10-12-19(13-11-18)16-29-14-8-9-20(29)30/h10-13H,7-9,14-17H2,1-6H3,(H,28,31)(H2,25,26,27). The van der Waals surface area contributed by atoms with E-state index in [4.69, 9.17) is 4.74 Å². The first-order valence-electron chi connectivity index (χ1n) is 11.4. The van der Waals surface area contributed by atoms with Gasteiger partial charge in [0.15, 0.2) is 5.96 Å². The maximum absolute atomic E-state index is 12.1. The van der Waals surface area contributed by atoms with Gasteiger partial charge < -0.3 is 25.6 Å². The fraction of sp³-hybridized carbons (Fsp3) is 0.625. The molecule has 0 bridgehead atoms. The largest absolute Gasteiger partial charge is 0.444 e. The minimum Gasteiger partial charge on any atom is -0.444 e. The molecular formula is C24H39N5O3. The summed E-state index contributed by atoms with van der Waals surface area (Å²) in [5, 5.41) is 9.41. The molecule has 1 aromatic rings. The molecule has 32 heavy (non-hydrogen) atoms. The molecule has 1 aliphatic rings. The van der Waals surface area contributed by atoms with Gasteiger partial charge in [0.25, 0.3) is 0 Å². The van der Waals surface area contributed by atoms with E-state index in [1.807, 2.05) is 46.4 Å². The lowest BCUT2D eigenvalue weighted by molar-refractivity contribution is -0.128. The van der Waals surface area contributed by atoms with Crippen LogP contribution in [-0.4, -0.2) is 53.6 Å². The molecule has 8 heteroatoms. The summed E-state index contributed by atoms with van der Waals surface area (Å²) in [7, 11) is 0. The number of alkyl carbamates (subject to hydrolysis) is 1. The molecule has 0 aliphatic carbocycles. The van der Waals surface area contributed by atoms with Gasteiger partial charge in [0.2, 0.25) is 5.91 Å². The predicted octanol–water partition coefficient (Wildman–Crippen LogP) is 3.17. The fourth-order valence-electron chi connectivity index (χ4n) is 3.28. The van der Waals surface area contributed by atoms with Crippen LogP contribution < -0.4 is 16.0 Å². The Morgan fingerprint density at radius 1 is 1.09 bits per heavy atom. The second-order valence-electron chi connectivity index (χ2n) is 9.79. The van der Waals surface area contributed by atoms with Gasteiger partial charge in [-0.05, 0) is 59.1 Å². The van der Waals surface area contributed by atoms with Crippen molar-refractivity contribution in [2.75, 3.05) is 19.6 Å². The minimum absolute atomic E-state index is 0.240. The number of guanidine groups is 1. The highest BCUT2D eigenvalue weighted by Crippen LogP contribution is 2.15. The second-order valence-corrected chi connectivity index (χ2v) is 9.79. The molecular weight excluding hydrogens is 406 g/mol. The molecule has 0 atom stereocenters. The van der Waals surface area contributed by atoms with Gasteiger partial charge in [0.05, 0.1) is 12.1 Å². The van der Waals surface area contributed by atoms with E-state index >= 15 is 0 Å². The molecule has 0 unspecified atom stereocenters. The fourth-order valence-corrected chi connectivity index (χ4v) is 3.28. The smallest absolute Gasteiger partial charge is 0.408 e. The van der Waals surface area contributed by atoms with Crippen LogP contribution in [0.4, 0.5) is 4.79 Å². The van der Waals surface area contributed by atoms with Crippen LogP contribution in [0.3, 0.4) is 0 Å². The molecule has 1 aromatic carbocycles. The SMILES string of the molecule is CCNC(=NCc1ccc(CN2CCCC2=O)cc1)NCC(C)(C)NC(=O)OC(C)(C)C. The maximum atomic E-state index is 12.1. The molecule has 0 saturated carbocycles. The van der Waals surface area contributed by atoms with Crippen molar-refractivity contribution in [3.63, 3.8) is 0 Å². The lowest BCUT2D eigenvalue weighted by Gasteiger charge is -2.29. The van der Waals surface area contributed by atoms with Gasteiger partial charge in [-0.1, -0.05) is 24.3 Å². The molecule has 178 valence electrons. The van der Waals surface area contributed by atoms with Gasteiger partial charge in [-0.15, -0.1) is 0 Å². The number of amides is 2. The van der Waals surface area contributed by atoms with E-state index in [1.165, 1.54) is 0 Å². The number of aliphatic imine (C=N–C) groups is 1. The Kier molecular flexibility index (Phi) is 8.92. The van der Waals surface area contributed by atoms with Gasteiger partial charge in [0.1, 0.15) is 5.60 Å². The maximum Gasteiger partial charge on any atom is 0.408 e. The third kappa shape index (κ3) is 9.16. The Balaban J connectivity index is 1.88. The third-order valence-electron chi connectivity index (χ3n) is 4.87. The first-order valence-corrected chi connectivity index (χ1v) is 11.4. The second kappa shape index (κ2) is 11.2. The Morgan fingerprint density at radius 2 is 1.75 bits per heavy atom. The summed E-state index contributed by atoms with van der Waals surface area (Å²) in [5.74, 6) is 0.919. The van der Waals surface area contributed by atoms with Crippen molar-refractivity contribution in [3.05, 3.63) is 35.4 Å². The summed E-state index contributed by atoms with van der Waals surface area (Å²) in [6, 6.07) is 8.23. The highest BCUT2D eigenvalue weighted by Gasteiger charge is 2.25. The monoisotopic (exact) mass is 445 g/mol. The number of benzene rings is 1. The van der Waals surface area contributed by atoms with Crippen LogP contribution >= 0.6 is 0 Å². The number of hydrogen-bond acceptors (Lipinski definition) is 4. The summed E-state index contributed by atoms with van der Waals surface area (Å²) in [6.07, 6.45) is 1.18. The normalized spacial score (nSPS) is 15.0. The van der Waals surface area contributed by atoms with Crippen molar-refractivity contribution < 1.29 is 14.3 Å². The highest BCUT2D eigenvalue weighted by atomic mass is 16.6. The molecule has 3 N–H and O–H groups in total. The summed E-state index contributed by atoms with van der Waals surface area (Å²) in [5.41, 5.74) is 1.16. The number of nitrogens with zero attached hydrogens (tertiary/aromatic N) is 2. The molecule has 1 fully saturated rings. The average Bonchev–Trinajstić information content (AvgIpc) is 3.07. The summed E-state index contributed by atoms with van der Waals surface area (Å²) in [6.45, 7) is 14.6. The Hall–Kier alpha value is -2.77. The average molecular weight is 446 g/mol. The van der Waals surface area contributed by atoms with Gasteiger partial charge >= 0.3 is 6.09 Å². The number of ether oxygens (including phenoxy) is 1. The van der Waals surface area contributed by atoms with Crippen molar-refractivity contribution in [3.8, 4) is 0 Å². The van der Waals surface area contributed by atoms with Crippen LogP contribution in [0.2, 0.25) is 0 Å². The Morgan fingerprint density at radius 3 is 2.31 bits per heavy atom. The van der Waals surface area contributed by atoms with Gasteiger partial charge in [-0.3, -0.25) is 4.79 Å². The Bertz CT molecular complexity index is 797. The third-order valence-corrected chi connectivity index (χ3v) is 4.87. The zero-order chi connectivity index (χ0) is 23.8. The van der Waals surface area contributed by atoms with Gasteiger partial charge in [-0.2, -0.15) is 0 Å². The van der Waals surface area contributed by atoms with E-state index < -0.39 is 17.2 Å². The predicted molar refractivity (Wildman–Crippen MR) is 127 cm³/mol. The van der Waals surface area contributed by atoms with E-state index in [0.29, 0.717) is 32.0 Å². The van der Waals surface area contributed by atoms with E-state index in [1.54, 1.807) is 0 Å². The molecule has 0 spiro atoms. The first kappa shape index (κ1) is 25.5. The van der Waals surface area contributed by atoms with E-state index in [2.05, 4.69) is 45.2 Å². The van der Waals surface area contributed by atoms with Crippen molar-refractivity contribution in [2.24, 2.45) is 4.99 Å². The van der Waals surface area contributed by atoms with Crippen molar-refractivity contribution in [1.29, 1.82) is 0 Å². The number of hydrogen-bond donors (Lipinski definition) is 3. The summed E-state index contributed by atoms with van der Waals surface area (Å²) < 4.78 is 5.35. The van der Waals surface area contributed by atoms with Crippen molar-refractivity contribution >= 4 is 18.0 Å². The lowest BCUT2D eigenvalue weighted by Crippen LogP contribution is -2.54. The van der Waals surface area contributed by atoms with Crippen molar-refractivity contribution in [1.82, 2.24) is 20.9 Å². The van der Waals surface area contributed by atoms with Crippen LogP contribution in [0.25, 0.3) is 0 Å². The van der Waals surface area contributed by atoms with Gasteiger partial charge in [0, 0.05) is 32.6 Å². The first-order chi connectivity index (χ1) is 15.0. The summed E-state index contributed by atoms with van der Waals surface area (Å²) in [4.78, 5) is 30.4. The zero-order valence-electron chi connectivity index (χ0n) is 20.4. The molecule has 1 saturated heterocycles. The van der Waals surface area contributed by atoms with Crippen LogP contribution in [0.5, 0.6) is 0 Å². The summed E-state index contributed by atoms with van der Waals surface area (Å²) >= 11 is 0. The molecule has 0 radical (unpaired) electrons. The molecule has 1 aliphatic heterocycles. The van der Waals surface area contributed by atoms with Crippen LogP contribution in [0, 0.1) is 0 Å². The van der Waals surface area contributed by atoms with Crippen LogP contribution in [-0.2, 0) is 22.6 Å². The van der Waals surface area contributed by atoms with E-state index in [-0.39, 0.29) is 5.91 Å².